The fourth-order valence-electron chi connectivity index (χ4n) is 3.39. The van der Waals surface area contributed by atoms with E-state index in [9.17, 15) is 9.90 Å². The van der Waals surface area contributed by atoms with E-state index < -0.39 is 0 Å². The number of aromatic hydroxyl groups is 1. The summed E-state index contributed by atoms with van der Waals surface area (Å²) in [5.41, 5.74) is 4.87. The Balaban J connectivity index is 1.70. The molecule has 6 heteroatoms. The Morgan fingerprint density at radius 2 is 1.90 bits per heavy atom. The van der Waals surface area contributed by atoms with Crippen molar-refractivity contribution < 1.29 is 9.90 Å². The van der Waals surface area contributed by atoms with Crippen LogP contribution in [0.2, 0.25) is 0 Å². The standard InChI is InChI=1S/C23H20BrN3O2/c1-14-4-3-5-15(10-14)11-20-18-12-19(22(28)13-21(18)26-25-20)23(29)27(2)17-8-6-16(24)7-9-17/h3-10,12-13,28H,11H2,1-2H3,(H,25,26). The van der Waals surface area contributed by atoms with Gasteiger partial charge in [0.1, 0.15) is 5.75 Å². The number of fused-ring (bicyclic) bond motifs is 1. The normalized spacial score (nSPS) is 11.0. The molecule has 1 heterocycles. The van der Waals surface area contributed by atoms with Gasteiger partial charge in [0.05, 0.1) is 11.1 Å². The Morgan fingerprint density at radius 1 is 1.14 bits per heavy atom. The average Bonchev–Trinajstić information content (AvgIpc) is 3.08. The van der Waals surface area contributed by atoms with E-state index in [-0.39, 0.29) is 17.2 Å². The van der Waals surface area contributed by atoms with Crippen LogP contribution < -0.4 is 4.90 Å². The molecule has 3 aromatic carbocycles. The average molecular weight is 450 g/mol. The Labute approximate surface area is 177 Å². The van der Waals surface area contributed by atoms with Gasteiger partial charge in [0.25, 0.3) is 5.91 Å². The summed E-state index contributed by atoms with van der Waals surface area (Å²) in [6.07, 6.45) is 0.666. The minimum atomic E-state index is -0.283. The third-order valence-electron chi connectivity index (χ3n) is 4.96. The zero-order valence-electron chi connectivity index (χ0n) is 16.1. The zero-order chi connectivity index (χ0) is 20.5. The minimum absolute atomic E-state index is 0.0833. The summed E-state index contributed by atoms with van der Waals surface area (Å²) >= 11 is 3.40. The first kappa shape index (κ1) is 19.2. The topological polar surface area (TPSA) is 69.2 Å². The van der Waals surface area contributed by atoms with Crippen LogP contribution in [0.5, 0.6) is 5.75 Å². The molecule has 146 valence electrons. The minimum Gasteiger partial charge on any atom is -0.507 e. The van der Waals surface area contributed by atoms with Gasteiger partial charge in [0.15, 0.2) is 0 Å². The second kappa shape index (κ2) is 7.72. The number of halogens is 1. The van der Waals surface area contributed by atoms with Crippen molar-refractivity contribution in [3.8, 4) is 5.75 Å². The molecule has 1 amide bonds. The predicted octanol–water partition coefficient (Wildman–Crippen LogP) is 5.21. The number of aryl methyl sites for hydroxylation is 1. The number of nitrogens with zero attached hydrogens (tertiary/aromatic N) is 2. The second-order valence-electron chi connectivity index (χ2n) is 7.10. The van der Waals surface area contributed by atoms with Crippen LogP contribution in [0.3, 0.4) is 0 Å². The predicted molar refractivity (Wildman–Crippen MR) is 119 cm³/mol. The Kier molecular flexibility index (Phi) is 5.11. The molecule has 0 saturated heterocycles. The first-order valence-electron chi connectivity index (χ1n) is 9.21. The molecular formula is C23H20BrN3O2. The number of H-pyrrole nitrogens is 1. The molecule has 5 nitrogen and oxygen atoms in total. The lowest BCUT2D eigenvalue weighted by Crippen LogP contribution is -2.26. The molecule has 4 aromatic rings. The van der Waals surface area contributed by atoms with Crippen molar-refractivity contribution in [2.75, 3.05) is 11.9 Å². The number of nitrogens with one attached hydrogen (secondary N) is 1. The van der Waals surface area contributed by atoms with Crippen molar-refractivity contribution in [1.29, 1.82) is 0 Å². The molecule has 0 bridgehead atoms. The number of hydrogen-bond acceptors (Lipinski definition) is 3. The maximum atomic E-state index is 13.1. The number of phenols is 1. The van der Waals surface area contributed by atoms with Crippen LogP contribution in [0.1, 0.15) is 27.2 Å². The third kappa shape index (κ3) is 3.89. The number of aromatic amines is 1. The lowest BCUT2D eigenvalue weighted by Gasteiger charge is -2.18. The Hall–Kier alpha value is -3.12. The SMILES string of the molecule is Cc1cccc(Cc2[nH]nc3cc(O)c(C(=O)N(C)c4ccc(Br)cc4)cc23)c1. The number of phenolic OH excluding ortho intramolecular Hbond substituents is 1. The van der Waals surface area contributed by atoms with Crippen LogP contribution in [0.15, 0.2) is 65.1 Å². The fraction of sp³-hybridized carbons (Fsp3) is 0.130. The monoisotopic (exact) mass is 449 g/mol. The smallest absolute Gasteiger partial charge is 0.261 e. The van der Waals surface area contributed by atoms with Crippen molar-refractivity contribution in [2.24, 2.45) is 0 Å². The van der Waals surface area contributed by atoms with Crippen LogP contribution in [-0.2, 0) is 6.42 Å². The lowest BCUT2D eigenvalue weighted by atomic mass is 10.0. The third-order valence-corrected chi connectivity index (χ3v) is 5.49. The summed E-state index contributed by atoms with van der Waals surface area (Å²) in [5.74, 6) is -0.366. The van der Waals surface area contributed by atoms with E-state index in [1.807, 2.05) is 30.3 Å². The van der Waals surface area contributed by atoms with Crippen molar-refractivity contribution in [3.05, 3.63) is 87.5 Å². The number of anilines is 1. The molecule has 1 aromatic heterocycles. The van der Waals surface area contributed by atoms with Crippen LogP contribution in [0, 0.1) is 6.92 Å². The van der Waals surface area contributed by atoms with Crippen molar-refractivity contribution in [2.45, 2.75) is 13.3 Å². The van der Waals surface area contributed by atoms with E-state index in [0.29, 0.717) is 11.9 Å². The van der Waals surface area contributed by atoms with Gasteiger partial charge in [-0.2, -0.15) is 5.10 Å². The molecule has 0 aliphatic rings. The quantitative estimate of drug-likeness (QED) is 0.449. The van der Waals surface area contributed by atoms with Crippen LogP contribution >= 0.6 is 15.9 Å². The van der Waals surface area contributed by atoms with Gasteiger partial charge in [0.2, 0.25) is 0 Å². The van der Waals surface area contributed by atoms with E-state index >= 15 is 0 Å². The number of carbonyl (C=O) groups is 1. The molecule has 0 fully saturated rings. The lowest BCUT2D eigenvalue weighted by molar-refractivity contribution is 0.0990. The first-order valence-corrected chi connectivity index (χ1v) is 10.0. The van der Waals surface area contributed by atoms with Crippen molar-refractivity contribution in [1.82, 2.24) is 10.2 Å². The Bertz CT molecular complexity index is 1200. The highest BCUT2D eigenvalue weighted by Crippen LogP contribution is 2.29. The van der Waals surface area contributed by atoms with E-state index in [1.165, 1.54) is 16.5 Å². The van der Waals surface area contributed by atoms with E-state index in [2.05, 4.69) is 51.3 Å². The molecule has 0 aliphatic heterocycles. The molecular weight excluding hydrogens is 430 g/mol. The van der Waals surface area contributed by atoms with Crippen LogP contribution in [0.25, 0.3) is 10.9 Å². The summed E-state index contributed by atoms with van der Waals surface area (Å²) in [4.78, 5) is 14.6. The van der Waals surface area contributed by atoms with E-state index in [1.54, 1.807) is 13.1 Å². The highest BCUT2D eigenvalue weighted by Gasteiger charge is 2.20. The summed E-state index contributed by atoms with van der Waals surface area (Å²) in [6, 6.07) is 19.0. The maximum absolute atomic E-state index is 13.1. The second-order valence-corrected chi connectivity index (χ2v) is 8.01. The van der Waals surface area contributed by atoms with Gasteiger partial charge in [-0.1, -0.05) is 45.8 Å². The summed E-state index contributed by atoms with van der Waals surface area (Å²) < 4.78 is 0.936. The van der Waals surface area contributed by atoms with Gasteiger partial charge in [-0.15, -0.1) is 0 Å². The van der Waals surface area contributed by atoms with Gasteiger partial charge in [-0.3, -0.25) is 9.89 Å². The van der Waals surface area contributed by atoms with Crippen LogP contribution in [-0.4, -0.2) is 28.3 Å². The molecule has 0 saturated carbocycles. The summed E-state index contributed by atoms with van der Waals surface area (Å²) in [6.45, 7) is 2.06. The zero-order valence-corrected chi connectivity index (χ0v) is 17.7. The molecule has 0 spiro atoms. The molecule has 0 aliphatic carbocycles. The van der Waals surface area contributed by atoms with Crippen LogP contribution in [0.4, 0.5) is 5.69 Å². The number of amides is 1. The van der Waals surface area contributed by atoms with Gasteiger partial charge in [-0.05, 0) is 42.8 Å². The molecule has 0 unspecified atom stereocenters. The van der Waals surface area contributed by atoms with Gasteiger partial charge < -0.3 is 10.0 Å². The van der Waals surface area contributed by atoms with Gasteiger partial charge in [-0.25, -0.2) is 0 Å². The van der Waals surface area contributed by atoms with E-state index in [0.717, 1.165) is 26.8 Å². The van der Waals surface area contributed by atoms with E-state index in [4.69, 9.17) is 0 Å². The maximum Gasteiger partial charge on any atom is 0.261 e. The number of benzene rings is 3. The fourth-order valence-corrected chi connectivity index (χ4v) is 3.66. The largest absolute Gasteiger partial charge is 0.507 e. The first-order chi connectivity index (χ1) is 13.9. The molecule has 0 radical (unpaired) electrons. The number of hydrogen-bond donors (Lipinski definition) is 2. The highest BCUT2D eigenvalue weighted by molar-refractivity contribution is 9.10. The summed E-state index contributed by atoms with van der Waals surface area (Å²) in [7, 11) is 1.69. The Morgan fingerprint density at radius 3 is 2.62 bits per heavy atom. The molecule has 4 rings (SSSR count). The van der Waals surface area contributed by atoms with Gasteiger partial charge in [0, 0.05) is 40.8 Å². The number of rotatable bonds is 4. The molecule has 29 heavy (non-hydrogen) atoms. The number of carbonyl (C=O) groups excluding carboxylic acids is 1. The highest BCUT2D eigenvalue weighted by atomic mass is 79.9. The number of aromatic nitrogens is 2. The van der Waals surface area contributed by atoms with Crippen molar-refractivity contribution in [3.63, 3.8) is 0 Å². The molecule has 0 atom stereocenters. The summed E-state index contributed by atoms with van der Waals surface area (Å²) in [5, 5.41) is 18.6. The van der Waals surface area contributed by atoms with Gasteiger partial charge >= 0.3 is 0 Å². The van der Waals surface area contributed by atoms with Crippen molar-refractivity contribution >= 4 is 38.4 Å². The molecule has 2 N–H and O–H groups in total.